The van der Waals surface area contributed by atoms with E-state index in [-0.39, 0.29) is 11.4 Å². The molecule has 2 rings (SSSR count). The highest BCUT2D eigenvalue weighted by molar-refractivity contribution is 8.00. The number of nitro benzene ring substituents is 1. The average Bonchev–Trinajstić information content (AvgIpc) is 2.59. The number of nitrogens with one attached hydrogen (secondary N) is 1. The van der Waals surface area contributed by atoms with E-state index in [9.17, 15) is 19.7 Å². The predicted molar refractivity (Wildman–Crippen MR) is 94.6 cm³/mol. The molecular formula is C17H16N2O5S. The zero-order valence-electron chi connectivity index (χ0n) is 13.4. The van der Waals surface area contributed by atoms with Gasteiger partial charge in [-0.05, 0) is 30.7 Å². The number of hydrogen-bond donors (Lipinski definition) is 1. The smallest absolute Gasteiger partial charge is 0.316 e. The lowest BCUT2D eigenvalue weighted by Gasteiger charge is -2.07. The molecule has 7 nitrogen and oxygen atoms in total. The molecule has 0 spiro atoms. The molecule has 0 heterocycles. The van der Waals surface area contributed by atoms with E-state index in [2.05, 4.69) is 5.32 Å². The topological polar surface area (TPSA) is 98.5 Å². The Morgan fingerprint density at radius 1 is 1.16 bits per heavy atom. The lowest BCUT2D eigenvalue weighted by Crippen LogP contribution is -2.21. The third kappa shape index (κ3) is 5.92. The molecule has 0 unspecified atom stereocenters. The standard InChI is InChI=1S/C17H16N2O5S/c1-12-4-2-3-5-15(12)25-11-17(21)24-10-16(20)18-13-6-8-14(9-7-13)19(22)23/h2-9H,10-11H2,1H3,(H,18,20). The minimum Gasteiger partial charge on any atom is -0.455 e. The van der Waals surface area contributed by atoms with Crippen molar-refractivity contribution in [1.29, 1.82) is 0 Å². The third-order valence-corrected chi connectivity index (χ3v) is 4.31. The second-order valence-electron chi connectivity index (χ2n) is 5.07. The van der Waals surface area contributed by atoms with E-state index in [1.54, 1.807) is 0 Å². The number of thioether (sulfide) groups is 1. The van der Waals surface area contributed by atoms with Crippen LogP contribution in [-0.2, 0) is 14.3 Å². The van der Waals surface area contributed by atoms with E-state index in [1.807, 2.05) is 31.2 Å². The normalized spacial score (nSPS) is 10.1. The van der Waals surface area contributed by atoms with Crippen molar-refractivity contribution < 1.29 is 19.2 Å². The SMILES string of the molecule is Cc1ccccc1SCC(=O)OCC(=O)Nc1ccc([N+](=O)[O-])cc1. The number of aryl methyl sites for hydroxylation is 1. The Hall–Kier alpha value is -2.87. The molecule has 2 aromatic carbocycles. The van der Waals surface area contributed by atoms with Crippen molar-refractivity contribution >= 4 is 35.0 Å². The number of benzene rings is 2. The molecule has 1 N–H and O–H groups in total. The van der Waals surface area contributed by atoms with E-state index in [0.29, 0.717) is 5.69 Å². The van der Waals surface area contributed by atoms with Crippen LogP contribution in [0.15, 0.2) is 53.4 Å². The lowest BCUT2D eigenvalue weighted by atomic mass is 10.2. The molecule has 0 saturated heterocycles. The van der Waals surface area contributed by atoms with Crippen molar-refractivity contribution in [3.63, 3.8) is 0 Å². The first kappa shape index (κ1) is 18.5. The molecule has 0 bridgehead atoms. The monoisotopic (exact) mass is 360 g/mol. The fraction of sp³-hybridized carbons (Fsp3) is 0.176. The van der Waals surface area contributed by atoms with Crippen molar-refractivity contribution in [2.75, 3.05) is 17.7 Å². The van der Waals surface area contributed by atoms with E-state index in [1.165, 1.54) is 36.0 Å². The van der Waals surface area contributed by atoms with E-state index in [0.717, 1.165) is 10.5 Å². The number of carbonyl (C=O) groups excluding carboxylic acids is 2. The molecule has 2 aromatic rings. The van der Waals surface area contributed by atoms with Crippen LogP contribution in [0.4, 0.5) is 11.4 Å². The van der Waals surface area contributed by atoms with Gasteiger partial charge in [0.1, 0.15) is 0 Å². The molecule has 0 atom stereocenters. The summed E-state index contributed by atoms with van der Waals surface area (Å²) >= 11 is 1.34. The Kier molecular flexibility index (Phi) is 6.53. The highest BCUT2D eigenvalue weighted by atomic mass is 32.2. The van der Waals surface area contributed by atoms with Crippen LogP contribution in [0, 0.1) is 17.0 Å². The van der Waals surface area contributed by atoms with Gasteiger partial charge in [0, 0.05) is 22.7 Å². The van der Waals surface area contributed by atoms with Crippen molar-refractivity contribution in [3.8, 4) is 0 Å². The van der Waals surface area contributed by atoms with Crippen molar-refractivity contribution in [3.05, 3.63) is 64.2 Å². The van der Waals surface area contributed by atoms with Crippen LogP contribution < -0.4 is 5.32 Å². The molecule has 25 heavy (non-hydrogen) atoms. The summed E-state index contributed by atoms with van der Waals surface area (Å²) in [6.07, 6.45) is 0. The Morgan fingerprint density at radius 3 is 2.48 bits per heavy atom. The van der Waals surface area contributed by atoms with Crippen LogP contribution in [0.25, 0.3) is 0 Å². The number of amides is 1. The Labute approximate surface area is 148 Å². The predicted octanol–water partition coefficient (Wildman–Crippen LogP) is 3.18. The first-order valence-corrected chi connectivity index (χ1v) is 8.32. The summed E-state index contributed by atoms with van der Waals surface area (Å²) in [4.78, 5) is 34.4. The first-order valence-electron chi connectivity index (χ1n) is 7.34. The second kappa shape index (κ2) is 8.84. The lowest BCUT2D eigenvalue weighted by molar-refractivity contribution is -0.384. The minimum absolute atomic E-state index is 0.0716. The quantitative estimate of drug-likeness (QED) is 0.352. The zero-order chi connectivity index (χ0) is 18.2. The molecular weight excluding hydrogens is 344 g/mol. The Balaban J connectivity index is 1.74. The molecule has 0 aliphatic heterocycles. The van der Waals surface area contributed by atoms with Crippen LogP contribution in [0.2, 0.25) is 0 Å². The first-order chi connectivity index (χ1) is 12.0. The van der Waals surface area contributed by atoms with E-state index < -0.39 is 23.4 Å². The molecule has 0 aromatic heterocycles. The Bertz CT molecular complexity index is 777. The van der Waals surface area contributed by atoms with Gasteiger partial charge in [0.15, 0.2) is 6.61 Å². The maximum absolute atomic E-state index is 11.7. The summed E-state index contributed by atoms with van der Waals surface area (Å²) in [5, 5.41) is 13.1. The molecule has 130 valence electrons. The fourth-order valence-corrected chi connectivity index (χ4v) is 2.73. The molecule has 0 radical (unpaired) electrons. The van der Waals surface area contributed by atoms with Crippen molar-refractivity contribution in [2.24, 2.45) is 0 Å². The van der Waals surface area contributed by atoms with Gasteiger partial charge in [-0.15, -0.1) is 11.8 Å². The number of esters is 1. The number of rotatable bonds is 7. The summed E-state index contributed by atoms with van der Waals surface area (Å²) in [5.41, 5.74) is 1.38. The summed E-state index contributed by atoms with van der Waals surface area (Å²) in [7, 11) is 0. The number of nitrogens with zero attached hydrogens (tertiary/aromatic N) is 1. The molecule has 0 fully saturated rings. The minimum atomic E-state index is -0.528. The van der Waals surface area contributed by atoms with Gasteiger partial charge < -0.3 is 10.1 Å². The van der Waals surface area contributed by atoms with Gasteiger partial charge in [-0.1, -0.05) is 18.2 Å². The fourth-order valence-electron chi connectivity index (χ4n) is 1.91. The maximum Gasteiger partial charge on any atom is 0.316 e. The van der Waals surface area contributed by atoms with Gasteiger partial charge in [-0.2, -0.15) is 0 Å². The molecule has 1 amide bonds. The van der Waals surface area contributed by atoms with Crippen LogP contribution in [0.3, 0.4) is 0 Å². The van der Waals surface area contributed by atoms with Gasteiger partial charge in [0.2, 0.25) is 0 Å². The van der Waals surface area contributed by atoms with Gasteiger partial charge in [-0.25, -0.2) is 0 Å². The molecule has 0 aliphatic carbocycles. The van der Waals surface area contributed by atoms with Crippen molar-refractivity contribution in [2.45, 2.75) is 11.8 Å². The number of carbonyl (C=O) groups is 2. The van der Waals surface area contributed by atoms with Crippen LogP contribution in [-0.4, -0.2) is 29.2 Å². The third-order valence-electron chi connectivity index (χ3n) is 3.17. The molecule has 0 saturated carbocycles. The summed E-state index contributed by atoms with van der Waals surface area (Å²) < 4.78 is 4.92. The number of anilines is 1. The number of hydrogen-bond acceptors (Lipinski definition) is 6. The summed E-state index contributed by atoms with van der Waals surface area (Å²) in [6, 6.07) is 13.0. The van der Waals surface area contributed by atoms with Gasteiger partial charge in [-0.3, -0.25) is 19.7 Å². The number of ether oxygens (including phenoxy) is 1. The van der Waals surface area contributed by atoms with Crippen LogP contribution in [0.5, 0.6) is 0 Å². The van der Waals surface area contributed by atoms with Crippen LogP contribution in [0.1, 0.15) is 5.56 Å². The van der Waals surface area contributed by atoms with Crippen LogP contribution >= 0.6 is 11.8 Å². The highest BCUT2D eigenvalue weighted by Crippen LogP contribution is 2.21. The molecule has 0 aliphatic rings. The van der Waals surface area contributed by atoms with Crippen molar-refractivity contribution in [1.82, 2.24) is 0 Å². The maximum atomic E-state index is 11.7. The van der Waals surface area contributed by atoms with Gasteiger partial charge >= 0.3 is 5.97 Å². The molecule has 8 heteroatoms. The zero-order valence-corrected chi connectivity index (χ0v) is 14.2. The van der Waals surface area contributed by atoms with E-state index >= 15 is 0 Å². The highest BCUT2D eigenvalue weighted by Gasteiger charge is 2.10. The number of nitro groups is 1. The summed E-state index contributed by atoms with van der Waals surface area (Å²) in [5.74, 6) is -0.898. The van der Waals surface area contributed by atoms with E-state index in [4.69, 9.17) is 4.74 Å². The average molecular weight is 360 g/mol. The largest absolute Gasteiger partial charge is 0.455 e. The van der Waals surface area contributed by atoms with Gasteiger partial charge in [0.05, 0.1) is 10.7 Å². The summed E-state index contributed by atoms with van der Waals surface area (Å²) in [6.45, 7) is 1.54. The van der Waals surface area contributed by atoms with Gasteiger partial charge in [0.25, 0.3) is 11.6 Å². The Morgan fingerprint density at radius 2 is 1.84 bits per heavy atom. The second-order valence-corrected chi connectivity index (χ2v) is 6.08. The number of non-ortho nitro benzene ring substituents is 1.